The normalized spacial score (nSPS) is 12.7. The number of carboxylic acid groups (broad SMARTS) is 1. The van der Waals surface area contributed by atoms with Crippen LogP contribution in [-0.4, -0.2) is 33.7 Å². The van der Waals surface area contributed by atoms with Gasteiger partial charge in [-0.3, -0.25) is 9.36 Å². The van der Waals surface area contributed by atoms with Gasteiger partial charge >= 0.3 is 5.97 Å². The minimum absolute atomic E-state index is 0.0145. The molecular formula is C24H20Br2NO7P. The zero-order valence-electron chi connectivity index (χ0n) is 18.3. The molecule has 3 aromatic rings. The first-order valence-electron chi connectivity index (χ1n) is 10.2. The van der Waals surface area contributed by atoms with Gasteiger partial charge in [0.15, 0.2) is 19.6 Å². The number of ether oxygens (including phenoxy) is 1. The topological polar surface area (TPSA) is 133 Å². The molecule has 3 rings (SSSR count). The van der Waals surface area contributed by atoms with E-state index in [9.17, 15) is 24.4 Å². The van der Waals surface area contributed by atoms with Crippen LogP contribution in [0.3, 0.4) is 0 Å². The van der Waals surface area contributed by atoms with Crippen molar-refractivity contribution in [2.24, 2.45) is 0 Å². The van der Waals surface area contributed by atoms with E-state index in [4.69, 9.17) is 9.84 Å². The molecule has 0 bridgehead atoms. The van der Waals surface area contributed by atoms with E-state index in [2.05, 4.69) is 37.2 Å². The minimum atomic E-state index is -1.58. The summed E-state index contributed by atoms with van der Waals surface area (Å²) in [6, 6.07) is 13.7. The highest BCUT2D eigenvalue weighted by Crippen LogP contribution is 2.42. The Hall–Kier alpha value is -2.78. The molecule has 0 aliphatic heterocycles. The monoisotopic (exact) mass is 623 g/mol. The van der Waals surface area contributed by atoms with Crippen LogP contribution in [0.25, 0.3) is 0 Å². The summed E-state index contributed by atoms with van der Waals surface area (Å²) in [6.07, 6.45) is 0.474. The van der Waals surface area contributed by atoms with Crippen LogP contribution in [0.1, 0.15) is 38.8 Å². The lowest BCUT2D eigenvalue weighted by atomic mass is 10.1. The first-order valence-corrected chi connectivity index (χ1v) is 12.6. The van der Waals surface area contributed by atoms with Gasteiger partial charge in [-0.15, -0.1) is 0 Å². The van der Waals surface area contributed by atoms with E-state index in [0.29, 0.717) is 26.7 Å². The van der Waals surface area contributed by atoms with Gasteiger partial charge in [-0.1, -0.05) is 12.1 Å². The summed E-state index contributed by atoms with van der Waals surface area (Å²) in [5.41, 5.74) is 1.44. The zero-order chi connectivity index (χ0) is 25.8. The largest absolute Gasteiger partial charge is 0.507 e. The molecule has 1 amide bonds. The maximum atomic E-state index is 12.6. The van der Waals surface area contributed by atoms with E-state index in [1.807, 2.05) is 0 Å². The van der Waals surface area contributed by atoms with Crippen molar-refractivity contribution in [3.8, 4) is 17.2 Å². The van der Waals surface area contributed by atoms with Gasteiger partial charge in [0.25, 0.3) is 5.91 Å². The minimum Gasteiger partial charge on any atom is -0.507 e. The van der Waals surface area contributed by atoms with Crippen LogP contribution in [-0.2, 0) is 16.3 Å². The van der Waals surface area contributed by atoms with Gasteiger partial charge in [-0.05, 0) is 98.8 Å². The maximum absolute atomic E-state index is 12.6. The SMILES string of the molecule is CC(O)(P=O)c1cc(Br)c(Oc2ccc(O)c(C(=O)NCCc3ccc(C(=O)O)cc3)c2)c(Br)c1. The molecule has 0 fully saturated rings. The number of carboxylic acids is 1. The van der Waals surface area contributed by atoms with Crippen LogP contribution in [0.5, 0.6) is 17.2 Å². The van der Waals surface area contributed by atoms with Gasteiger partial charge in [0.1, 0.15) is 11.5 Å². The highest BCUT2D eigenvalue weighted by atomic mass is 79.9. The van der Waals surface area contributed by atoms with Gasteiger partial charge in [0.2, 0.25) is 0 Å². The molecule has 4 N–H and O–H groups in total. The summed E-state index contributed by atoms with van der Waals surface area (Å²) in [5, 5.41) is 30.5. The molecule has 0 radical (unpaired) electrons. The fourth-order valence-electron chi connectivity index (χ4n) is 3.09. The second kappa shape index (κ2) is 11.3. The van der Waals surface area contributed by atoms with Gasteiger partial charge in [0, 0.05) is 6.54 Å². The Kier molecular flexibility index (Phi) is 8.66. The molecule has 0 heterocycles. The number of carbonyl (C=O) groups excluding carboxylic acids is 1. The zero-order valence-corrected chi connectivity index (χ0v) is 22.4. The average molecular weight is 625 g/mol. The summed E-state index contributed by atoms with van der Waals surface area (Å²) in [4.78, 5) is 23.6. The number of hydrogen-bond donors (Lipinski definition) is 4. The van der Waals surface area contributed by atoms with Crippen LogP contribution < -0.4 is 10.1 Å². The second-order valence-electron chi connectivity index (χ2n) is 7.67. The number of rotatable bonds is 9. The number of halogens is 2. The predicted molar refractivity (Wildman–Crippen MR) is 137 cm³/mol. The van der Waals surface area contributed by atoms with Crippen LogP contribution in [0.4, 0.5) is 0 Å². The van der Waals surface area contributed by atoms with Crippen molar-refractivity contribution < 1.29 is 34.2 Å². The third-order valence-corrected chi connectivity index (χ3v) is 6.85. The molecule has 0 aliphatic carbocycles. The number of aromatic hydroxyl groups is 1. The summed E-state index contributed by atoms with van der Waals surface area (Å²) >= 11 is 6.75. The number of amides is 1. The van der Waals surface area contributed by atoms with E-state index < -0.39 is 25.7 Å². The molecule has 182 valence electrons. The molecular weight excluding hydrogens is 605 g/mol. The van der Waals surface area contributed by atoms with E-state index in [0.717, 1.165) is 5.56 Å². The van der Waals surface area contributed by atoms with E-state index in [1.54, 1.807) is 24.3 Å². The molecule has 0 saturated heterocycles. The Morgan fingerprint density at radius 3 is 2.26 bits per heavy atom. The lowest BCUT2D eigenvalue weighted by molar-refractivity contribution is 0.0696. The van der Waals surface area contributed by atoms with Crippen LogP contribution in [0.15, 0.2) is 63.5 Å². The molecule has 0 aliphatic rings. The second-order valence-corrected chi connectivity index (χ2v) is 10.4. The van der Waals surface area contributed by atoms with Gasteiger partial charge in [0.05, 0.1) is 20.1 Å². The van der Waals surface area contributed by atoms with Crippen molar-refractivity contribution in [2.75, 3.05) is 6.54 Å². The molecule has 35 heavy (non-hydrogen) atoms. The molecule has 0 spiro atoms. The third kappa shape index (κ3) is 6.67. The fourth-order valence-corrected chi connectivity index (χ4v) is 4.67. The molecule has 1 atom stereocenters. The van der Waals surface area contributed by atoms with E-state index >= 15 is 0 Å². The summed E-state index contributed by atoms with van der Waals surface area (Å²) in [7, 11) is -0.459. The maximum Gasteiger partial charge on any atom is 0.335 e. The summed E-state index contributed by atoms with van der Waals surface area (Å²) in [6.45, 7) is 1.68. The van der Waals surface area contributed by atoms with Crippen molar-refractivity contribution in [2.45, 2.75) is 18.7 Å². The highest BCUT2D eigenvalue weighted by Gasteiger charge is 2.26. The van der Waals surface area contributed by atoms with Crippen LogP contribution >= 0.6 is 40.3 Å². The Bertz CT molecular complexity index is 1260. The number of nitrogens with one attached hydrogen (secondary N) is 1. The molecule has 1 unspecified atom stereocenters. The van der Waals surface area contributed by atoms with Crippen molar-refractivity contribution in [3.05, 3.63) is 85.8 Å². The quantitative estimate of drug-likeness (QED) is 0.220. The number of phenols is 1. The standard InChI is InChI=1S/C24H20Br2NO7P/c1-24(32,35-33)15-10-18(25)21(19(26)11-15)34-16-6-7-20(28)17(12-16)22(29)27-9-8-13-2-4-14(5-3-13)23(30)31/h2-7,10-12,28,32H,8-9H2,1H3,(H,27,29)(H,30,31). The van der Waals surface area contributed by atoms with Gasteiger partial charge < -0.3 is 25.4 Å². The number of benzene rings is 3. The van der Waals surface area contributed by atoms with Gasteiger partial charge in [-0.2, -0.15) is 0 Å². The first kappa shape index (κ1) is 26.8. The Morgan fingerprint density at radius 1 is 1.06 bits per heavy atom. The molecule has 0 saturated carbocycles. The summed E-state index contributed by atoms with van der Waals surface area (Å²) in [5.74, 6) is -1.10. The van der Waals surface area contributed by atoms with E-state index in [1.165, 1.54) is 37.3 Å². The highest BCUT2D eigenvalue weighted by molar-refractivity contribution is 9.11. The first-order chi connectivity index (χ1) is 16.5. The number of carbonyl (C=O) groups is 2. The average Bonchev–Trinajstić information content (AvgIpc) is 2.82. The lowest BCUT2D eigenvalue weighted by Gasteiger charge is -2.18. The molecule has 0 aromatic heterocycles. The number of aromatic carboxylic acids is 1. The van der Waals surface area contributed by atoms with Crippen molar-refractivity contribution in [1.29, 1.82) is 0 Å². The Labute approximate surface area is 219 Å². The lowest BCUT2D eigenvalue weighted by Crippen LogP contribution is -2.25. The number of hydrogen-bond acceptors (Lipinski definition) is 6. The van der Waals surface area contributed by atoms with Crippen molar-refractivity contribution in [1.82, 2.24) is 5.32 Å². The van der Waals surface area contributed by atoms with Crippen molar-refractivity contribution >= 4 is 52.2 Å². The smallest absolute Gasteiger partial charge is 0.335 e. The van der Waals surface area contributed by atoms with Gasteiger partial charge in [-0.25, -0.2) is 4.79 Å². The van der Waals surface area contributed by atoms with Crippen molar-refractivity contribution in [3.63, 3.8) is 0 Å². The predicted octanol–water partition coefficient (Wildman–Crippen LogP) is 5.84. The Morgan fingerprint density at radius 2 is 1.69 bits per heavy atom. The fraction of sp³-hybridized carbons (Fsp3) is 0.167. The number of phenolic OH excluding ortho intramolecular Hbond substituents is 1. The van der Waals surface area contributed by atoms with Crippen LogP contribution in [0.2, 0.25) is 0 Å². The molecule has 8 nitrogen and oxygen atoms in total. The summed E-state index contributed by atoms with van der Waals surface area (Å²) < 4.78 is 18.1. The van der Waals surface area contributed by atoms with Crippen LogP contribution in [0, 0.1) is 0 Å². The molecule has 3 aromatic carbocycles. The third-order valence-electron chi connectivity index (χ3n) is 5.06. The van der Waals surface area contributed by atoms with E-state index in [-0.39, 0.29) is 29.2 Å². The Balaban J connectivity index is 1.71. The molecule has 11 heteroatoms. The number of aliphatic hydroxyl groups is 1.